The Bertz CT molecular complexity index is 694. The van der Waals surface area contributed by atoms with Crippen LogP contribution < -0.4 is 10.2 Å². The summed E-state index contributed by atoms with van der Waals surface area (Å²) in [6, 6.07) is 12.2. The van der Waals surface area contributed by atoms with Crippen molar-refractivity contribution in [1.29, 1.82) is 0 Å². The van der Waals surface area contributed by atoms with Crippen LogP contribution in [0.3, 0.4) is 0 Å². The molecule has 0 aliphatic carbocycles. The number of anilines is 2. The van der Waals surface area contributed by atoms with Gasteiger partial charge in [0.25, 0.3) is 0 Å². The third kappa shape index (κ3) is 6.07. The number of carbonyl (C=O) groups excluding carboxylic acids is 1. The van der Waals surface area contributed by atoms with E-state index in [4.69, 9.17) is 0 Å². The zero-order valence-electron chi connectivity index (χ0n) is 16.2. The van der Waals surface area contributed by atoms with E-state index in [1.807, 2.05) is 30.5 Å². The number of aromatic nitrogens is 1. The van der Waals surface area contributed by atoms with Crippen molar-refractivity contribution in [3.8, 4) is 0 Å². The van der Waals surface area contributed by atoms with Crippen molar-refractivity contribution >= 4 is 17.3 Å². The molecule has 5 heteroatoms. The molecule has 27 heavy (non-hydrogen) atoms. The fourth-order valence-electron chi connectivity index (χ4n) is 3.52. The van der Waals surface area contributed by atoms with Crippen LogP contribution in [0.1, 0.15) is 31.7 Å². The fourth-order valence-corrected chi connectivity index (χ4v) is 3.52. The van der Waals surface area contributed by atoms with Gasteiger partial charge in [0.05, 0.1) is 0 Å². The van der Waals surface area contributed by atoms with Gasteiger partial charge in [-0.15, -0.1) is 0 Å². The highest BCUT2D eigenvalue weighted by atomic mass is 16.1. The second-order valence-corrected chi connectivity index (χ2v) is 7.14. The first-order valence-electron chi connectivity index (χ1n) is 10.0. The lowest BCUT2D eigenvalue weighted by Gasteiger charge is -2.36. The first-order valence-corrected chi connectivity index (χ1v) is 10.0. The Labute approximate surface area is 162 Å². The van der Waals surface area contributed by atoms with Crippen LogP contribution in [0.5, 0.6) is 0 Å². The molecule has 1 aliphatic heterocycles. The highest BCUT2D eigenvalue weighted by Crippen LogP contribution is 2.20. The third-order valence-corrected chi connectivity index (χ3v) is 5.02. The number of carbonyl (C=O) groups is 1. The summed E-state index contributed by atoms with van der Waals surface area (Å²) < 4.78 is 0. The molecule has 1 aromatic carbocycles. The Morgan fingerprint density at radius 1 is 1.11 bits per heavy atom. The van der Waals surface area contributed by atoms with Crippen LogP contribution in [-0.4, -0.2) is 48.5 Å². The SMILES string of the molecule is CCCN1CCN(c2ccc(NC(=O)CCCc3cccnc3)cc2)CC1. The summed E-state index contributed by atoms with van der Waals surface area (Å²) in [5, 5.41) is 3.00. The molecule has 3 rings (SSSR count). The molecule has 1 saturated heterocycles. The van der Waals surface area contributed by atoms with E-state index in [-0.39, 0.29) is 5.91 Å². The molecule has 0 atom stereocenters. The summed E-state index contributed by atoms with van der Waals surface area (Å²) in [6.45, 7) is 7.82. The molecular formula is C22H30N4O. The van der Waals surface area contributed by atoms with Gasteiger partial charge in [-0.05, 0) is 61.7 Å². The Hall–Kier alpha value is -2.40. The molecule has 5 nitrogen and oxygen atoms in total. The van der Waals surface area contributed by atoms with Gasteiger partial charge in [0.1, 0.15) is 0 Å². The van der Waals surface area contributed by atoms with Crippen LogP contribution >= 0.6 is 0 Å². The Balaban J connectivity index is 1.41. The van der Waals surface area contributed by atoms with Crippen molar-refractivity contribution in [3.05, 3.63) is 54.4 Å². The summed E-state index contributed by atoms with van der Waals surface area (Å²) in [5.41, 5.74) is 3.28. The number of rotatable bonds is 8. The number of benzene rings is 1. The molecule has 2 aromatic rings. The number of nitrogens with one attached hydrogen (secondary N) is 1. The minimum absolute atomic E-state index is 0.0693. The summed E-state index contributed by atoms with van der Waals surface area (Å²) >= 11 is 0. The lowest BCUT2D eigenvalue weighted by Crippen LogP contribution is -2.46. The number of hydrogen-bond donors (Lipinski definition) is 1. The predicted octanol–water partition coefficient (Wildman–Crippen LogP) is 3.58. The lowest BCUT2D eigenvalue weighted by molar-refractivity contribution is -0.116. The number of nitrogens with zero attached hydrogens (tertiary/aromatic N) is 3. The van der Waals surface area contributed by atoms with E-state index in [0.717, 1.165) is 44.7 Å². The quantitative estimate of drug-likeness (QED) is 0.776. The first kappa shape index (κ1) is 19.4. The van der Waals surface area contributed by atoms with Gasteiger partial charge in [-0.2, -0.15) is 0 Å². The van der Waals surface area contributed by atoms with Crippen molar-refractivity contribution in [2.24, 2.45) is 0 Å². The molecule has 0 spiro atoms. The predicted molar refractivity (Wildman–Crippen MR) is 111 cm³/mol. The molecule has 0 radical (unpaired) electrons. The molecule has 0 bridgehead atoms. The summed E-state index contributed by atoms with van der Waals surface area (Å²) in [7, 11) is 0. The Kier molecular flexibility index (Phi) is 7.22. The summed E-state index contributed by atoms with van der Waals surface area (Å²) in [6.07, 6.45) is 7.08. The van der Waals surface area contributed by atoms with Gasteiger partial charge >= 0.3 is 0 Å². The molecule has 1 N–H and O–H groups in total. The number of piperazine rings is 1. The molecule has 1 aromatic heterocycles. The van der Waals surface area contributed by atoms with Gasteiger partial charge < -0.3 is 10.2 Å². The van der Waals surface area contributed by atoms with Crippen LogP contribution in [0.15, 0.2) is 48.8 Å². The minimum atomic E-state index is 0.0693. The zero-order chi connectivity index (χ0) is 18.9. The number of aryl methyl sites for hydroxylation is 1. The van der Waals surface area contributed by atoms with E-state index in [1.165, 1.54) is 24.2 Å². The van der Waals surface area contributed by atoms with Gasteiger partial charge in [-0.1, -0.05) is 13.0 Å². The average Bonchev–Trinajstić information content (AvgIpc) is 2.70. The van der Waals surface area contributed by atoms with Crippen molar-refractivity contribution in [1.82, 2.24) is 9.88 Å². The van der Waals surface area contributed by atoms with Crippen LogP contribution in [0.4, 0.5) is 11.4 Å². The molecule has 2 heterocycles. The second kappa shape index (κ2) is 10.1. The normalized spacial score (nSPS) is 14.9. The maximum Gasteiger partial charge on any atom is 0.224 e. The number of amides is 1. The number of pyridine rings is 1. The van der Waals surface area contributed by atoms with E-state index in [1.54, 1.807) is 6.20 Å². The first-order chi connectivity index (χ1) is 13.2. The third-order valence-electron chi connectivity index (χ3n) is 5.02. The van der Waals surface area contributed by atoms with Crippen molar-refractivity contribution < 1.29 is 4.79 Å². The zero-order valence-corrected chi connectivity index (χ0v) is 16.2. The molecule has 1 aliphatic rings. The molecule has 1 fully saturated rings. The van der Waals surface area contributed by atoms with E-state index >= 15 is 0 Å². The van der Waals surface area contributed by atoms with Gasteiger partial charge in [-0.25, -0.2) is 0 Å². The maximum atomic E-state index is 12.1. The maximum absolute atomic E-state index is 12.1. The Morgan fingerprint density at radius 2 is 1.89 bits per heavy atom. The van der Waals surface area contributed by atoms with Crippen molar-refractivity contribution in [3.63, 3.8) is 0 Å². The summed E-state index contributed by atoms with van der Waals surface area (Å²) in [5.74, 6) is 0.0693. The van der Waals surface area contributed by atoms with E-state index < -0.39 is 0 Å². The van der Waals surface area contributed by atoms with Crippen LogP contribution in [0.25, 0.3) is 0 Å². The minimum Gasteiger partial charge on any atom is -0.369 e. The van der Waals surface area contributed by atoms with Crippen LogP contribution in [0.2, 0.25) is 0 Å². The van der Waals surface area contributed by atoms with E-state index in [9.17, 15) is 4.79 Å². The van der Waals surface area contributed by atoms with E-state index in [0.29, 0.717) is 6.42 Å². The van der Waals surface area contributed by atoms with Crippen LogP contribution in [-0.2, 0) is 11.2 Å². The van der Waals surface area contributed by atoms with Gasteiger partial charge in [0.2, 0.25) is 5.91 Å². The lowest BCUT2D eigenvalue weighted by atomic mass is 10.1. The van der Waals surface area contributed by atoms with Crippen LogP contribution in [0, 0.1) is 0 Å². The topological polar surface area (TPSA) is 48.5 Å². The standard InChI is InChI=1S/C22H30N4O/c1-2-13-25-14-16-26(17-15-25)21-10-8-20(9-11-21)24-22(27)7-3-5-19-6-4-12-23-18-19/h4,6,8-12,18H,2-3,5,7,13-17H2,1H3,(H,24,27). The fraction of sp³-hybridized carbons (Fsp3) is 0.455. The van der Waals surface area contributed by atoms with Gasteiger partial charge in [-0.3, -0.25) is 14.7 Å². The number of hydrogen-bond acceptors (Lipinski definition) is 4. The molecule has 0 saturated carbocycles. The molecular weight excluding hydrogens is 336 g/mol. The second-order valence-electron chi connectivity index (χ2n) is 7.14. The highest BCUT2D eigenvalue weighted by Gasteiger charge is 2.16. The molecule has 0 unspecified atom stereocenters. The summed E-state index contributed by atoms with van der Waals surface area (Å²) in [4.78, 5) is 21.2. The average molecular weight is 367 g/mol. The Morgan fingerprint density at radius 3 is 2.56 bits per heavy atom. The van der Waals surface area contributed by atoms with Crippen molar-refractivity contribution in [2.75, 3.05) is 42.9 Å². The smallest absolute Gasteiger partial charge is 0.224 e. The molecule has 144 valence electrons. The monoisotopic (exact) mass is 366 g/mol. The molecule has 1 amide bonds. The van der Waals surface area contributed by atoms with Gasteiger partial charge in [0.15, 0.2) is 0 Å². The highest BCUT2D eigenvalue weighted by molar-refractivity contribution is 5.90. The van der Waals surface area contributed by atoms with Gasteiger partial charge in [0, 0.05) is 56.4 Å². The van der Waals surface area contributed by atoms with E-state index in [2.05, 4.69) is 39.2 Å². The largest absolute Gasteiger partial charge is 0.369 e. The van der Waals surface area contributed by atoms with Crippen molar-refractivity contribution in [2.45, 2.75) is 32.6 Å².